The van der Waals surface area contributed by atoms with E-state index in [9.17, 15) is 8.42 Å². The van der Waals surface area contributed by atoms with Gasteiger partial charge in [-0.05, 0) is 23.8 Å². The Balaban J connectivity index is 2.22. The molecule has 0 amide bonds. The largest absolute Gasteiger partial charge is 0.493 e. The first-order valence-corrected chi connectivity index (χ1v) is 8.70. The second-order valence-electron chi connectivity index (χ2n) is 4.43. The van der Waals surface area contributed by atoms with Crippen molar-refractivity contribution in [3.05, 3.63) is 52.5 Å². The summed E-state index contributed by atoms with van der Waals surface area (Å²) in [5, 5.41) is 0. The average molecular weight is 386 g/mol. The van der Waals surface area contributed by atoms with Gasteiger partial charge in [-0.3, -0.25) is 0 Å². The van der Waals surface area contributed by atoms with E-state index in [0.29, 0.717) is 11.5 Å². The van der Waals surface area contributed by atoms with E-state index >= 15 is 0 Å². The van der Waals surface area contributed by atoms with E-state index in [4.69, 9.17) is 9.47 Å². The lowest BCUT2D eigenvalue weighted by Gasteiger charge is -2.11. The van der Waals surface area contributed by atoms with Gasteiger partial charge in [0.15, 0.2) is 11.5 Å². The van der Waals surface area contributed by atoms with Gasteiger partial charge in [0.05, 0.1) is 19.1 Å². The van der Waals surface area contributed by atoms with E-state index in [1.54, 1.807) is 6.07 Å². The molecule has 0 aliphatic heterocycles. The highest BCUT2D eigenvalue weighted by atomic mass is 79.9. The Kier molecular flexibility index (Phi) is 5.44. The van der Waals surface area contributed by atoms with Gasteiger partial charge in [-0.2, -0.15) is 0 Å². The summed E-state index contributed by atoms with van der Waals surface area (Å²) in [4.78, 5) is 0.122. The summed E-state index contributed by atoms with van der Waals surface area (Å²) in [7, 11) is -0.681. The van der Waals surface area contributed by atoms with E-state index in [2.05, 4.69) is 20.7 Å². The van der Waals surface area contributed by atoms with Gasteiger partial charge in [0.25, 0.3) is 0 Å². The molecule has 0 bridgehead atoms. The van der Waals surface area contributed by atoms with Gasteiger partial charge < -0.3 is 9.47 Å². The fourth-order valence-electron chi connectivity index (χ4n) is 1.88. The zero-order valence-corrected chi connectivity index (χ0v) is 14.6. The van der Waals surface area contributed by atoms with Crippen LogP contribution in [0.2, 0.25) is 0 Å². The molecule has 0 aliphatic rings. The van der Waals surface area contributed by atoms with Crippen LogP contribution in [0, 0.1) is 0 Å². The molecule has 0 unspecified atom stereocenters. The van der Waals surface area contributed by atoms with E-state index in [1.807, 2.05) is 24.3 Å². The SMILES string of the molecule is COc1ccc(S(=O)(=O)NCc2ccccc2Br)cc1OC. The smallest absolute Gasteiger partial charge is 0.241 e. The van der Waals surface area contributed by atoms with Crippen LogP contribution in [0.25, 0.3) is 0 Å². The van der Waals surface area contributed by atoms with Crippen molar-refractivity contribution in [2.24, 2.45) is 0 Å². The van der Waals surface area contributed by atoms with Crippen LogP contribution in [0.3, 0.4) is 0 Å². The zero-order valence-electron chi connectivity index (χ0n) is 12.2. The van der Waals surface area contributed by atoms with Gasteiger partial charge in [-0.15, -0.1) is 0 Å². The standard InChI is InChI=1S/C15H16BrNO4S/c1-20-14-8-7-12(9-15(14)21-2)22(18,19)17-10-11-5-3-4-6-13(11)16/h3-9,17H,10H2,1-2H3. The fourth-order valence-corrected chi connectivity index (χ4v) is 3.33. The van der Waals surface area contributed by atoms with Crippen LogP contribution in [0.5, 0.6) is 11.5 Å². The molecule has 1 N–H and O–H groups in total. The maximum absolute atomic E-state index is 12.4. The number of benzene rings is 2. The van der Waals surface area contributed by atoms with Crippen LogP contribution in [0.15, 0.2) is 51.8 Å². The number of rotatable bonds is 6. The topological polar surface area (TPSA) is 64.6 Å². The normalized spacial score (nSPS) is 11.2. The van der Waals surface area contributed by atoms with Crippen molar-refractivity contribution in [1.82, 2.24) is 4.72 Å². The highest BCUT2D eigenvalue weighted by molar-refractivity contribution is 9.10. The Morgan fingerprint density at radius 3 is 2.36 bits per heavy atom. The summed E-state index contributed by atoms with van der Waals surface area (Å²) in [6.07, 6.45) is 0. The molecule has 0 saturated carbocycles. The Hall–Kier alpha value is -1.57. The third-order valence-electron chi connectivity index (χ3n) is 3.08. The Morgan fingerprint density at radius 1 is 1.05 bits per heavy atom. The van der Waals surface area contributed by atoms with Crippen LogP contribution < -0.4 is 14.2 Å². The first kappa shape index (κ1) is 16.8. The van der Waals surface area contributed by atoms with Crippen LogP contribution in [-0.4, -0.2) is 22.6 Å². The first-order valence-electron chi connectivity index (χ1n) is 6.43. The Bertz CT molecular complexity index is 762. The van der Waals surface area contributed by atoms with Crippen LogP contribution in [-0.2, 0) is 16.6 Å². The molecule has 2 rings (SSSR count). The molecule has 2 aromatic carbocycles. The summed E-state index contributed by atoms with van der Waals surface area (Å²) >= 11 is 3.39. The minimum absolute atomic E-state index is 0.122. The Labute approximate surface area is 138 Å². The molecule has 0 radical (unpaired) electrons. The van der Waals surface area contributed by atoms with Gasteiger partial charge in [0.2, 0.25) is 10.0 Å². The second kappa shape index (κ2) is 7.13. The molecule has 118 valence electrons. The lowest BCUT2D eigenvalue weighted by molar-refractivity contribution is 0.354. The van der Waals surface area contributed by atoms with Crippen molar-refractivity contribution in [3.8, 4) is 11.5 Å². The minimum Gasteiger partial charge on any atom is -0.493 e. The monoisotopic (exact) mass is 385 g/mol. The third kappa shape index (κ3) is 3.79. The van der Waals surface area contributed by atoms with Gasteiger partial charge >= 0.3 is 0 Å². The summed E-state index contributed by atoms with van der Waals surface area (Å²) in [6, 6.07) is 11.9. The molecule has 0 saturated heterocycles. The highest BCUT2D eigenvalue weighted by Crippen LogP contribution is 2.29. The van der Waals surface area contributed by atoms with Crippen LogP contribution >= 0.6 is 15.9 Å². The number of methoxy groups -OCH3 is 2. The maximum atomic E-state index is 12.4. The van der Waals surface area contributed by atoms with E-state index in [-0.39, 0.29) is 11.4 Å². The molecule has 0 atom stereocenters. The van der Waals surface area contributed by atoms with Gasteiger partial charge in [0.1, 0.15) is 0 Å². The molecule has 0 aromatic heterocycles. The number of nitrogens with one attached hydrogen (secondary N) is 1. The Morgan fingerprint density at radius 2 is 1.73 bits per heavy atom. The first-order chi connectivity index (χ1) is 10.5. The molecule has 22 heavy (non-hydrogen) atoms. The quantitative estimate of drug-likeness (QED) is 0.829. The van der Waals surface area contributed by atoms with Gasteiger partial charge in [0, 0.05) is 17.1 Å². The number of sulfonamides is 1. The number of ether oxygens (including phenoxy) is 2. The van der Waals surface area contributed by atoms with Gasteiger partial charge in [-0.25, -0.2) is 13.1 Å². The summed E-state index contributed by atoms with van der Waals surface area (Å²) in [5.74, 6) is 0.846. The van der Waals surface area contributed by atoms with Crippen LogP contribution in [0.1, 0.15) is 5.56 Å². The van der Waals surface area contributed by atoms with Crippen molar-refractivity contribution >= 4 is 26.0 Å². The maximum Gasteiger partial charge on any atom is 0.241 e. The van der Waals surface area contributed by atoms with Crippen molar-refractivity contribution in [1.29, 1.82) is 0 Å². The van der Waals surface area contributed by atoms with Crippen molar-refractivity contribution in [2.75, 3.05) is 14.2 Å². The number of hydrogen-bond acceptors (Lipinski definition) is 4. The molecule has 0 aliphatic carbocycles. The van der Waals surface area contributed by atoms with Gasteiger partial charge in [-0.1, -0.05) is 34.1 Å². The molecular weight excluding hydrogens is 370 g/mol. The predicted octanol–water partition coefficient (Wildman–Crippen LogP) is 2.94. The van der Waals surface area contributed by atoms with E-state index in [0.717, 1.165) is 10.0 Å². The summed E-state index contributed by atoms with van der Waals surface area (Å²) < 4.78 is 38.4. The van der Waals surface area contributed by atoms with Crippen molar-refractivity contribution in [3.63, 3.8) is 0 Å². The lowest BCUT2D eigenvalue weighted by Crippen LogP contribution is -2.23. The molecule has 0 heterocycles. The summed E-state index contributed by atoms with van der Waals surface area (Å²) in [5.41, 5.74) is 0.853. The second-order valence-corrected chi connectivity index (χ2v) is 7.05. The summed E-state index contributed by atoms with van der Waals surface area (Å²) in [6.45, 7) is 0.193. The molecule has 7 heteroatoms. The predicted molar refractivity (Wildman–Crippen MR) is 87.7 cm³/mol. The molecule has 0 fully saturated rings. The van der Waals surface area contributed by atoms with E-state index < -0.39 is 10.0 Å². The average Bonchev–Trinajstić information content (AvgIpc) is 2.53. The molecule has 5 nitrogen and oxygen atoms in total. The molecule has 2 aromatic rings. The van der Waals surface area contributed by atoms with Crippen molar-refractivity contribution in [2.45, 2.75) is 11.4 Å². The zero-order chi connectivity index (χ0) is 16.2. The lowest BCUT2D eigenvalue weighted by atomic mass is 10.2. The van der Waals surface area contributed by atoms with Crippen LogP contribution in [0.4, 0.5) is 0 Å². The molecule has 0 spiro atoms. The molecular formula is C15H16BrNO4S. The van der Waals surface area contributed by atoms with Crippen molar-refractivity contribution < 1.29 is 17.9 Å². The number of hydrogen-bond donors (Lipinski definition) is 1. The van der Waals surface area contributed by atoms with E-state index in [1.165, 1.54) is 26.4 Å². The fraction of sp³-hybridized carbons (Fsp3) is 0.200. The minimum atomic E-state index is -3.64. The number of halogens is 1. The third-order valence-corrected chi connectivity index (χ3v) is 5.25. The highest BCUT2D eigenvalue weighted by Gasteiger charge is 2.17.